The monoisotopic (exact) mass is 199 g/mol. The van der Waals surface area contributed by atoms with E-state index in [-0.39, 0.29) is 0 Å². The van der Waals surface area contributed by atoms with Crippen molar-refractivity contribution in [3.63, 3.8) is 0 Å². The highest BCUT2D eigenvalue weighted by Gasteiger charge is 2.32. The van der Waals surface area contributed by atoms with Gasteiger partial charge in [0.05, 0.1) is 0 Å². The van der Waals surface area contributed by atoms with E-state index in [0.29, 0.717) is 6.98 Å². The molecule has 76 valence electrons. The van der Waals surface area contributed by atoms with Crippen LogP contribution in [-0.4, -0.2) is 44.6 Å². The van der Waals surface area contributed by atoms with Crippen molar-refractivity contribution in [3.8, 4) is 0 Å². The lowest BCUT2D eigenvalue weighted by Crippen LogP contribution is -2.66. The fourth-order valence-electron chi connectivity index (χ4n) is 1.65. The van der Waals surface area contributed by atoms with Crippen molar-refractivity contribution in [1.29, 1.82) is 0 Å². The molecule has 2 radical (unpaired) electrons. The van der Waals surface area contributed by atoms with Gasteiger partial charge >= 0.3 is 0 Å². The van der Waals surface area contributed by atoms with Crippen molar-refractivity contribution in [2.75, 3.05) is 13.1 Å². The summed E-state index contributed by atoms with van der Waals surface area (Å²) in [6.45, 7) is 13.3. The van der Waals surface area contributed by atoms with Crippen LogP contribution in [-0.2, 0) is 0 Å². The van der Waals surface area contributed by atoms with Gasteiger partial charge in [0.2, 0.25) is 0 Å². The molecule has 1 aliphatic heterocycles. The minimum atomic E-state index is 0.305. The highest BCUT2D eigenvalue weighted by Crippen LogP contribution is 2.08. The number of hydrogen-bond donors (Lipinski definition) is 1. The Morgan fingerprint density at radius 1 is 1.00 bits per heavy atom. The van der Waals surface area contributed by atoms with E-state index in [4.69, 9.17) is 0 Å². The summed E-state index contributed by atoms with van der Waals surface area (Å²) in [5.74, 6) is 0. The first-order valence-corrected chi connectivity index (χ1v) is 5.10. The first-order chi connectivity index (χ1) is 7.33. The van der Waals surface area contributed by atoms with E-state index >= 15 is 0 Å². The van der Waals surface area contributed by atoms with E-state index in [1.165, 1.54) is 0 Å². The van der Waals surface area contributed by atoms with Crippen LogP contribution in [0, 0.1) is 0 Å². The van der Waals surface area contributed by atoms with Crippen molar-refractivity contribution in [1.82, 2.24) is 14.6 Å². The van der Waals surface area contributed by atoms with E-state index in [1.54, 1.807) is 0 Å². The molecule has 0 bridgehead atoms. The molecule has 0 unspecified atom stereocenters. The molecule has 0 spiro atoms. The number of allylic oxidation sites excluding steroid dienone is 1. The van der Waals surface area contributed by atoms with Crippen LogP contribution in [0.5, 0.6) is 0 Å². The van der Waals surface area contributed by atoms with Gasteiger partial charge in [-0.15, -0.1) is 19.7 Å². The Hall–Kier alpha value is -0.705. The predicted octanol–water partition coefficient (Wildman–Crippen LogP) is 0.308. The molecular weight excluding hydrogens is 183 g/mol. The molecule has 0 amide bonds. The summed E-state index contributed by atoms with van der Waals surface area (Å²) in [6, 6.07) is 0. The van der Waals surface area contributed by atoms with Crippen molar-refractivity contribution < 1.29 is 0 Å². The number of hydrogen-bond acceptors (Lipinski definition) is 3. The van der Waals surface area contributed by atoms with Crippen molar-refractivity contribution in [3.05, 3.63) is 38.0 Å². The van der Waals surface area contributed by atoms with Gasteiger partial charge < -0.3 is 14.6 Å². The summed E-state index contributed by atoms with van der Waals surface area (Å²) < 4.78 is 4.39. The van der Waals surface area contributed by atoms with Gasteiger partial charge in [-0.05, 0) is 19.4 Å². The third-order valence-electron chi connectivity index (χ3n) is 2.30. The molecule has 0 aromatic carbocycles. The maximum Gasteiger partial charge on any atom is 0.293 e. The fraction of sp³-hybridized carbons (Fsp3) is 0.333. The Kier molecular flexibility index (Phi) is 5.54. The van der Waals surface area contributed by atoms with E-state index < -0.39 is 0 Å². The summed E-state index contributed by atoms with van der Waals surface area (Å²) in [7, 11) is 3.94. The molecule has 0 aliphatic carbocycles. The summed E-state index contributed by atoms with van der Waals surface area (Å²) in [5.41, 5.74) is 0. The van der Waals surface area contributed by atoms with Gasteiger partial charge in [-0.2, -0.15) is 0 Å². The van der Waals surface area contributed by atoms with Gasteiger partial charge in [0.15, 0.2) is 0 Å². The van der Waals surface area contributed by atoms with Crippen LogP contribution in [0.4, 0.5) is 0 Å². The highest BCUT2D eigenvalue weighted by atomic mass is 15.2. The van der Waals surface area contributed by atoms with E-state index in [1.807, 2.05) is 33.3 Å². The Balaban J connectivity index is 2.64. The average molecular weight is 199 g/mol. The van der Waals surface area contributed by atoms with Crippen LogP contribution < -0.4 is 5.14 Å². The Bertz CT molecular complexity index is 217. The molecular formula is C9H16B3N3. The summed E-state index contributed by atoms with van der Waals surface area (Å²) >= 11 is 0. The van der Waals surface area contributed by atoms with Crippen molar-refractivity contribution in [2.24, 2.45) is 0 Å². The lowest BCUT2D eigenvalue weighted by atomic mass is 9.57. The van der Waals surface area contributed by atoms with Crippen LogP contribution in [0.15, 0.2) is 38.0 Å². The minimum Gasteiger partial charge on any atom is -0.379 e. The zero-order valence-electron chi connectivity index (χ0n) is 9.10. The van der Waals surface area contributed by atoms with Crippen LogP contribution >= 0.6 is 0 Å². The Morgan fingerprint density at radius 2 is 1.53 bits per heavy atom. The molecule has 1 saturated heterocycles. The molecule has 0 aromatic rings. The third kappa shape index (κ3) is 3.41. The quantitative estimate of drug-likeness (QED) is 0.490. The molecule has 1 fully saturated rings. The van der Waals surface area contributed by atoms with Crippen molar-refractivity contribution >= 4 is 22.1 Å². The Morgan fingerprint density at radius 3 is 1.93 bits per heavy atom. The number of nitrogens with zero attached hydrogens (tertiary/aromatic N) is 2. The molecule has 1 rings (SSSR count). The van der Waals surface area contributed by atoms with Crippen molar-refractivity contribution in [2.45, 2.75) is 6.32 Å². The van der Waals surface area contributed by atoms with Crippen LogP contribution in [0.25, 0.3) is 0 Å². The first-order valence-electron chi connectivity index (χ1n) is 5.10. The molecule has 0 saturated carbocycles. The number of rotatable bonds is 6. The smallest absolute Gasteiger partial charge is 0.293 e. The molecule has 1 heterocycles. The molecule has 3 nitrogen and oxygen atoms in total. The second-order valence-corrected chi connectivity index (χ2v) is 3.40. The van der Waals surface area contributed by atoms with E-state index in [2.05, 4.69) is 34.3 Å². The van der Waals surface area contributed by atoms with Gasteiger partial charge in [-0.25, -0.2) is 0 Å². The van der Waals surface area contributed by atoms with Gasteiger partial charge in [-0.1, -0.05) is 18.2 Å². The maximum absolute atomic E-state index is 3.79. The normalized spacial score (nSPS) is 17.7. The topological polar surface area (TPSA) is 18.5 Å². The average Bonchev–Trinajstić information content (AvgIpc) is 2.23. The number of nitrogens with one attached hydrogen (secondary N) is 1. The van der Waals surface area contributed by atoms with Gasteiger partial charge in [0.1, 0.15) is 0 Å². The molecule has 0 atom stereocenters. The fourth-order valence-corrected chi connectivity index (χ4v) is 1.65. The van der Waals surface area contributed by atoms with Crippen LogP contribution in [0.2, 0.25) is 6.32 Å². The molecule has 0 aromatic heterocycles. The maximum atomic E-state index is 3.79. The second-order valence-electron chi connectivity index (χ2n) is 3.40. The standard InChI is InChI=1S/C9H16B3N3/c1-4-7-12-14(8-5-2)10-13-11-15(12)9-6-3/h4-6,13H,1-3,7-9H2. The Labute approximate surface area is 94.6 Å². The molecule has 6 heteroatoms. The lowest BCUT2D eigenvalue weighted by Gasteiger charge is -2.39. The zero-order chi connectivity index (χ0) is 11.1. The van der Waals surface area contributed by atoms with E-state index in [9.17, 15) is 0 Å². The zero-order valence-corrected chi connectivity index (χ0v) is 9.10. The summed E-state index contributed by atoms with van der Waals surface area (Å²) in [4.78, 5) is 0. The van der Waals surface area contributed by atoms with Crippen LogP contribution in [0.3, 0.4) is 0 Å². The third-order valence-corrected chi connectivity index (χ3v) is 2.30. The SMILES string of the molecule is C=CCB1N(CC=C)[B]N[B]N1CC=C. The summed E-state index contributed by atoms with van der Waals surface area (Å²) in [6.07, 6.45) is 6.64. The molecule has 1 aliphatic rings. The highest BCUT2D eigenvalue weighted by molar-refractivity contribution is 6.74. The largest absolute Gasteiger partial charge is 0.379 e. The van der Waals surface area contributed by atoms with Gasteiger partial charge in [0, 0.05) is 0 Å². The first kappa shape index (κ1) is 12.4. The minimum absolute atomic E-state index is 0.305. The lowest BCUT2D eigenvalue weighted by molar-refractivity contribution is 0.592. The van der Waals surface area contributed by atoms with Gasteiger partial charge in [-0.3, -0.25) is 0 Å². The summed E-state index contributed by atoms with van der Waals surface area (Å²) in [5, 5.41) is 3.11. The van der Waals surface area contributed by atoms with Crippen LogP contribution in [0.1, 0.15) is 0 Å². The predicted molar refractivity (Wildman–Crippen MR) is 69.2 cm³/mol. The molecule has 15 heavy (non-hydrogen) atoms. The van der Waals surface area contributed by atoms with E-state index in [0.717, 1.165) is 19.4 Å². The molecule has 1 N–H and O–H groups in total. The second kappa shape index (κ2) is 6.72. The van der Waals surface area contributed by atoms with Gasteiger partial charge in [0.25, 0.3) is 22.1 Å².